The second-order valence-corrected chi connectivity index (χ2v) is 8.58. The first kappa shape index (κ1) is 22.2. The lowest BCUT2D eigenvalue weighted by atomic mass is 10.1. The van der Waals surface area contributed by atoms with Gasteiger partial charge in [-0.2, -0.15) is 0 Å². The number of ether oxygens (including phenoxy) is 1. The summed E-state index contributed by atoms with van der Waals surface area (Å²) >= 11 is 1.25. The second kappa shape index (κ2) is 10.1. The number of carbonyl (C=O) groups is 2. The van der Waals surface area contributed by atoms with Gasteiger partial charge in [0.25, 0.3) is 17.5 Å². The van der Waals surface area contributed by atoms with Crippen molar-refractivity contribution in [2.24, 2.45) is 0 Å². The lowest BCUT2D eigenvalue weighted by Gasteiger charge is -2.27. The maximum absolute atomic E-state index is 13.3. The van der Waals surface area contributed by atoms with Crippen LogP contribution < -0.4 is 0 Å². The van der Waals surface area contributed by atoms with Crippen LogP contribution in [0.25, 0.3) is 5.57 Å². The molecule has 0 saturated carbocycles. The van der Waals surface area contributed by atoms with Crippen LogP contribution in [0, 0.1) is 10.1 Å². The van der Waals surface area contributed by atoms with Crippen molar-refractivity contribution in [1.29, 1.82) is 0 Å². The van der Waals surface area contributed by atoms with Gasteiger partial charge in [-0.3, -0.25) is 29.5 Å². The summed E-state index contributed by atoms with van der Waals surface area (Å²) in [5, 5.41) is 11.0. The summed E-state index contributed by atoms with van der Waals surface area (Å²) in [4.78, 5) is 41.8. The Morgan fingerprint density at radius 2 is 1.62 bits per heavy atom. The minimum atomic E-state index is -0.489. The predicted molar refractivity (Wildman–Crippen MR) is 121 cm³/mol. The van der Waals surface area contributed by atoms with Crippen molar-refractivity contribution in [2.45, 2.75) is 11.3 Å². The Morgan fingerprint density at radius 1 is 0.938 bits per heavy atom. The van der Waals surface area contributed by atoms with E-state index < -0.39 is 4.92 Å². The van der Waals surface area contributed by atoms with E-state index in [1.165, 1.54) is 40.9 Å². The van der Waals surface area contributed by atoms with E-state index in [1.54, 1.807) is 0 Å². The van der Waals surface area contributed by atoms with E-state index in [2.05, 4.69) is 4.90 Å². The molecule has 2 aromatic rings. The number of non-ortho nitro benzene ring substituents is 1. The number of hydrogen-bond acceptors (Lipinski definition) is 7. The molecule has 0 aromatic heterocycles. The van der Waals surface area contributed by atoms with Gasteiger partial charge in [-0.15, -0.1) is 0 Å². The number of morpholine rings is 1. The number of amides is 2. The van der Waals surface area contributed by atoms with Gasteiger partial charge in [0, 0.05) is 43.2 Å². The smallest absolute Gasteiger partial charge is 0.269 e. The minimum Gasteiger partial charge on any atom is -0.379 e. The zero-order valence-electron chi connectivity index (χ0n) is 17.4. The summed E-state index contributed by atoms with van der Waals surface area (Å²) in [7, 11) is 0. The van der Waals surface area contributed by atoms with Crippen molar-refractivity contribution >= 4 is 34.8 Å². The second-order valence-electron chi connectivity index (χ2n) is 7.49. The number of nitro benzene ring substituents is 1. The monoisotopic (exact) mass is 453 g/mol. The summed E-state index contributed by atoms with van der Waals surface area (Å²) in [6, 6.07) is 15.1. The molecule has 32 heavy (non-hydrogen) atoms. The standard InChI is InChI=1S/C23H23N3O5S/c27-22-20(17-7-9-18(10-8-17)26(29)30)21(32-19-5-2-1-3-6-19)23(28)25(22)12-4-11-24-13-15-31-16-14-24/h1-3,5-10H,4,11-16H2. The Morgan fingerprint density at radius 3 is 2.28 bits per heavy atom. The van der Waals surface area contributed by atoms with Crippen LogP contribution in [-0.4, -0.2) is 65.9 Å². The zero-order chi connectivity index (χ0) is 22.5. The maximum atomic E-state index is 13.3. The molecule has 0 radical (unpaired) electrons. The molecule has 166 valence electrons. The highest BCUT2D eigenvalue weighted by Gasteiger charge is 2.39. The van der Waals surface area contributed by atoms with E-state index in [0.717, 1.165) is 24.5 Å². The molecule has 2 heterocycles. The van der Waals surface area contributed by atoms with Crippen LogP contribution in [0.4, 0.5) is 5.69 Å². The number of nitro groups is 1. The first-order valence-electron chi connectivity index (χ1n) is 10.4. The zero-order valence-corrected chi connectivity index (χ0v) is 18.3. The minimum absolute atomic E-state index is 0.0641. The van der Waals surface area contributed by atoms with E-state index in [0.29, 0.717) is 42.2 Å². The van der Waals surface area contributed by atoms with E-state index in [1.807, 2.05) is 30.3 Å². The van der Waals surface area contributed by atoms with Crippen LogP contribution in [0.5, 0.6) is 0 Å². The topological polar surface area (TPSA) is 93.0 Å². The molecule has 0 N–H and O–H groups in total. The predicted octanol–water partition coefficient (Wildman–Crippen LogP) is 3.19. The molecular formula is C23H23N3O5S. The first-order valence-corrected chi connectivity index (χ1v) is 11.2. The van der Waals surface area contributed by atoms with Crippen molar-refractivity contribution in [1.82, 2.24) is 9.80 Å². The van der Waals surface area contributed by atoms with Crippen LogP contribution in [0.1, 0.15) is 12.0 Å². The molecule has 0 spiro atoms. The van der Waals surface area contributed by atoms with Crippen molar-refractivity contribution in [3.8, 4) is 0 Å². The average Bonchev–Trinajstić information content (AvgIpc) is 3.04. The molecule has 9 heteroatoms. The van der Waals surface area contributed by atoms with Crippen molar-refractivity contribution in [3.63, 3.8) is 0 Å². The van der Waals surface area contributed by atoms with Gasteiger partial charge in [-0.25, -0.2) is 0 Å². The highest BCUT2D eigenvalue weighted by molar-refractivity contribution is 8.04. The van der Waals surface area contributed by atoms with Crippen molar-refractivity contribution < 1.29 is 19.2 Å². The van der Waals surface area contributed by atoms with Gasteiger partial charge in [-0.1, -0.05) is 30.0 Å². The van der Waals surface area contributed by atoms with E-state index in [4.69, 9.17) is 4.74 Å². The quantitative estimate of drug-likeness (QED) is 0.344. The maximum Gasteiger partial charge on any atom is 0.269 e. The van der Waals surface area contributed by atoms with Gasteiger partial charge < -0.3 is 4.74 Å². The molecule has 2 aliphatic rings. The van der Waals surface area contributed by atoms with E-state index >= 15 is 0 Å². The van der Waals surface area contributed by atoms with Crippen LogP contribution in [0.15, 0.2) is 64.4 Å². The third kappa shape index (κ3) is 4.90. The molecule has 2 aliphatic heterocycles. The first-order chi connectivity index (χ1) is 15.5. The van der Waals surface area contributed by atoms with E-state index in [-0.39, 0.29) is 17.5 Å². The lowest BCUT2D eigenvalue weighted by molar-refractivity contribution is -0.384. The van der Waals surface area contributed by atoms with E-state index in [9.17, 15) is 19.7 Å². The SMILES string of the molecule is O=C1C(Sc2ccccc2)=C(c2ccc([N+](=O)[O-])cc2)C(=O)N1CCCN1CCOCC1. The van der Waals surface area contributed by atoms with Crippen molar-refractivity contribution in [2.75, 3.05) is 39.4 Å². The molecule has 1 fully saturated rings. The molecule has 0 atom stereocenters. The Balaban J connectivity index is 1.56. The Hall–Kier alpha value is -3.01. The number of hydrogen-bond donors (Lipinski definition) is 0. The molecule has 8 nitrogen and oxygen atoms in total. The van der Waals surface area contributed by atoms with Crippen LogP contribution >= 0.6 is 11.8 Å². The third-order valence-corrected chi connectivity index (χ3v) is 6.51. The summed E-state index contributed by atoms with van der Waals surface area (Å²) in [5.74, 6) is -0.677. The highest BCUT2D eigenvalue weighted by atomic mass is 32.2. The Bertz CT molecular complexity index is 1030. The summed E-state index contributed by atoms with van der Waals surface area (Å²) < 4.78 is 5.36. The normalized spacial score (nSPS) is 17.3. The van der Waals surface area contributed by atoms with Gasteiger partial charge >= 0.3 is 0 Å². The van der Waals surface area contributed by atoms with Gasteiger partial charge in [0.05, 0.1) is 28.6 Å². The van der Waals surface area contributed by atoms with Crippen LogP contribution in [0.3, 0.4) is 0 Å². The molecule has 4 rings (SSSR count). The molecule has 2 amide bonds. The summed E-state index contributed by atoms with van der Waals surface area (Å²) in [6.07, 6.45) is 0.675. The highest BCUT2D eigenvalue weighted by Crippen LogP contribution is 2.40. The molecule has 0 aliphatic carbocycles. The van der Waals surface area contributed by atoms with Gasteiger partial charge in [0.1, 0.15) is 0 Å². The number of rotatable bonds is 8. The number of imide groups is 1. The Labute approximate surface area is 190 Å². The molecule has 0 unspecified atom stereocenters. The van der Waals surface area contributed by atoms with Crippen molar-refractivity contribution in [3.05, 3.63) is 75.2 Å². The fraction of sp³-hybridized carbons (Fsp3) is 0.304. The third-order valence-electron chi connectivity index (χ3n) is 5.42. The lowest BCUT2D eigenvalue weighted by Crippen LogP contribution is -2.39. The van der Waals surface area contributed by atoms with Gasteiger partial charge in [-0.05, 0) is 36.2 Å². The van der Waals surface area contributed by atoms with Gasteiger partial charge in [0.2, 0.25) is 0 Å². The van der Waals surface area contributed by atoms with Crippen LogP contribution in [0.2, 0.25) is 0 Å². The molecule has 0 bridgehead atoms. The molecule has 2 aromatic carbocycles. The number of benzene rings is 2. The summed E-state index contributed by atoms with van der Waals surface area (Å²) in [5.41, 5.74) is 0.735. The van der Waals surface area contributed by atoms with Crippen LogP contribution in [-0.2, 0) is 14.3 Å². The average molecular weight is 454 g/mol. The number of carbonyl (C=O) groups excluding carboxylic acids is 2. The largest absolute Gasteiger partial charge is 0.379 e. The Kier molecular flexibility index (Phi) is 6.99. The van der Waals surface area contributed by atoms with Gasteiger partial charge in [0.15, 0.2) is 0 Å². The number of nitrogens with zero attached hydrogens (tertiary/aromatic N) is 3. The fourth-order valence-electron chi connectivity index (χ4n) is 3.74. The summed E-state index contributed by atoms with van der Waals surface area (Å²) in [6.45, 7) is 4.21. The number of thioether (sulfide) groups is 1. The fourth-order valence-corrected chi connectivity index (χ4v) is 4.77. The molecular weight excluding hydrogens is 430 g/mol. The molecule has 1 saturated heterocycles.